The molecule has 0 amide bonds. The number of hydrogen-bond acceptors (Lipinski definition) is 1. The zero-order valence-electron chi connectivity index (χ0n) is 14.1. The molecule has 1 aromatic carbocycles. The average Bonchev–Trinajstić information content (AvgIpc) is 2.47. The van der Waals surface area contributed by atoms with Crippen molar-refractivity contribution >= 4 is 6.29 Å². The minimum absolute atomic E-state index is 0.341. The Morgan fingerprint density at radius 2 is 1.67 bits per heavy atom. The third-order valence-electron chi connectivity index (χ3n) is 5.38. The van der Waals surface area contributed by atoms with Crippen LogP contribution in [0.5, 0.6) is 0 Å². The van der Waals surface area contributed by atoms with Crippen molar-refractivity contribution in [3.05, 3.63) is 35.4 Å². The van der Waals surface area contributed by atoms with Gasteiger partial charge in [-0.1, -0.05) is 52.0 Å². The van der Waals surface area contributed by atoms with Crippen LogP contribution >= 0.6 is 0 Å². The zero-order chi connectivity index (χ0) is 15.5. The predicted molar refractivity (Wildman–Crippen MR) is 89.7 cm³/mol. The number of hydrogen-bond donors (Lipinski definition) is 0. The minimum Gasteiger partial charge on any atom is -0.303 e. The van der Waals surface area contributed by atoms with Gasteiger partial charge in [0.1, 0.15) is 6.29 Å². The van der Waals surface area contributed by atoms with E-state index in [9.17, 15) is 4.79 Å². The second-order valence-corrected chi connectivity index (χ2v) is 7.88. The Morgan fingerprint density at radius 3 is 2.14 bits per heavy atom. The molecule has 1 aliphatic rings. The Balaban J connectivity index is 1.96. The lowest BCUT2D eigenvalue weighted by molar-refractivity contribution is -0.108. The van der Waals surface area contributed by atoms with Crippen molar-refractivity contribution in [1.82, 2.24) is 0 Å². The van der Waals surface area contributed by atoms with Crippen LogP contribution in [0.2, 0.25) is 0 Å². The van der Waals surface area contributed by atoms with Crippen molar-refractivity contribution in [2.75, 3.05) is 0 Å². The second kappa shape index (κ2) is 6.77. The summed E-state index contributed by atoms with van der Waals surface area (Å²) in [4.78, 5) is 10.6. The van der Waals surface area contributed by atoms with Gasteiger partial charge in [-0.25, -0.2) is 0 Å². The predicted octanol–water partition coefficient (Wildman–Crippen LogP) is 5.70. The lowest BCUT2D eigenvalue weighted by atomic mass is 9.68. The highest BCUT2D eigenvalue weighted by molar-refractivity contribution is 5.51. The van der Waals surface area contributed by atoms with Crippen LogP contribution < -0.4 is 0 Å². The number of benzene rings is 1. The normalized spacial score (nSPS) is 24.6. The van der Waals surface area contributed by atoms with E-state index in [1.165, 1.54) is 36.8 Å². The fourth-order valence-electron chi connectivity index (χ4n) is 3.67. The summed E-state index contributed by atoms with van der Waals surface area (Å²) in [6.07, 6.45) is 7.01. The summed E-state index contributed by atoms with van der Waals surface area (Å²) < 4.78 is 0. The van der Waals surface area contributed by atoms with E-state index < -0.39 is 0 Å². The third-order valence-corrected chi connectivity index (χ3v) is 5.38. The summed E-state index contributed by atoms with van der Waals surface area (Å²) in [5, 5.41) is 0. The first-order chi connectivity index (χ1) is 9.91. The SMILES string of the molecule is CC(CC=O)c1ccc(C2CCC(C(C)(C)C)CC2)cc1. The Kier molecular flexibility index (Phi) is 5.24. The van der Waals surface area contributed by atoms with E-state index in [0.717, 1.165) is 18.1 Å². The summed E-state index contributed by atoms with van der Waals surface area (Å²) in [5.74, 6) is 1.95. The largest absolute Gasteiger partial charge is 0.303 e. The maximum atomic E-state index is 10.6. The molecule has 1 aromatic rings. The van der Waals surface area contributed by atoms with Gasteiger partial charge in [-0.2, -0.15) is 0 Å². The summed E-state index contributed by atoms with van der Waals surface area (Å²) in [7, 11) is 0. The molecule has 1 aliphatic carbocycles. The van der Waals surface area contributed by atoms with Gasteiger partial charge < -0.3 is 4.79 Å². The van der Waals surface area contributed by atoms with E-state index in [2.05, 4.69) is 52.0 Å². The molecule has 1 nitrogen and oxygen atoms in total. The third kappa shape index (κ3) is 4.18. The molecule has 0 aromatic heterocycles. The first-order valence-electron chi connectivity index (χ1n) is 8.45. The van der Waals surface area contributed by atoms with Crippen LogP contribution in [0.1, 0.15) is 82.8 Å². The Morgan fingerprint density at radius 1 is 1.10 bits per heavy atom. The monoisotopic (exact) mass is 286 g/mol. The van der Waals surface area contributed by atoms with Gasteiger partial charge in [0.05, 0.1) is 0 Å². The number of rotatable bonds is 4. The standard InChI is InChI=1S/C20H30O/c1-15(13-14-21)16-5-7-17(8-6-16)18-9-11-19(12-10-18)20(2,3)4/h5-8,14-15,18-19H,9-13H2,1-4H3. The molecule has 0 spiro atoms. The number of carbonyl (C=O) groups excluding carboxylic acids is 1. The quantitative estimate of drug-likeness (QED) is 0.649. The van der Waals surface area contributed by atoms with Crippen LogP contribution in [0, 0.1) is 11.3 Å². The van der Waals surface area contributed by atoms with Gasteiger partial charge in [0, 0.05) is 6.42 Å². The highest BCUT2D eigenvalue weighted by Crippen LogP contribution is 2.43. The van der Waals surface area contributed by atoms with Gasteiger partial charge in [0.2, 0.25) is 0 Å². The molecular weight excluding hydrogens is 256 g/mol. The van der Waals surface area contributed by atoms with Crippen LogP contribution in [-0.2, 0) is 4.79 Å². The van der Waals surface area contributed by atoms with Gasteiger partial charge in [-0.05, 0) is 60.0 Å². The summed E-state index contributed by atoms with van der Waals surface area (Å²) in [5.41, 5.74) is 3.23. The summed E-state index contributed by atoms with van der Waals surface area (Å²) >= 11 is 0. The van der Waals surface area contributed by atoms with E-state index in [1.807, 2.05) is 0 Å². The van der Waals surface area contributed by atoms with Crippen molar-refractivity contribution in [1.29, 1.82) is 0 Å². The van der Waals surface area contributed by atoms with Gasteiger partial charge in [0.15, 0.2) is 0 Å². The van der Waals surface area contributed by atoms with Crippen molar-refractivity contribution in [3.8, 4) is 0 Å². The van der Waals surface area contributed by atoms with Crippen molar-refractivity contribution in [3.63, 3.8) is 0 Å². The highest BCUT2D eigenvalue weighted by atomic mass is 16.1. The lowest BCUT2D eigenvalue weighted by Crippen LogP contribution is -2.25. The molecule has 2 rings (SSSR count). The smallest absolute Gasteiger partial charge is 0.120 e. The molecule has 0 saturated heterocycles. The average molecular weight is 286 g/mol. The molecule has 1 unspecified atom stereocenters. The molecular formula is C20H30O. The van der Waals surface area contributed by atoms with Gasteiger partial charge in [-0.3, -0.25) is 0 Å². The molecule has 0 N–H and O–H groups in total. The number of carbonyl (C=O) groups is 1. The van der Waals surface area contributed by atoms with Gasteiger partial charge in [-0.15, -0.1) is 0 Å². The first kappa shape index (κ1) is 16.3. The van der Waals surface area contributed by atoms with Gasteiger partial charge >= 0.3 is 0 Å². The Labute approximate surface area is 130 Å². The van der Waals surface area contributed by atoms with E-state index in [0.29, 0.717) is 17.8 Å². The van der Waals surface area contributed by atoms with E-state index in [1.54, 1.807) is 0 Å². The summed E-state index contributed by atoms with van der Waals surface area (Å²) in [6.45, 7) is 9.25. The van der Waals surface area contributed by atoms with Crippen LogP contribution in [0.3, 0.4) is 0 Å². The molecule has 1 heteroatoms. The molecule has 1 saturated carbocycles. The topological polar surface area (TPSA) is 17.1 Å². The number of aldehydes is 1. The van der Waals surface area contributed by atoms with Crippen molar-refractivity contribution in [2.24, 2.45) is 11.3 Å². The minimum atomic E-state index is 0.341. The molecule has 0 aliphatic heterocycles. The van der Waals surface area contributed by atoms with Crippen LogP contribution in [0.15, 0.2) is 24.3 Å². The first-order valence-corrected chi connectivity index (χ1v) is 8.45. The molecule has 0 radical (unpaired) electrons. The molecule has 1 fully saturated rings. The fourth-order valence-corrected chi connectivity index (χ4v) is 3.67. The lowest BCUT2D eigenvalue weighted by Gasteiger charge is -2.37. The van der Waals surface area contributed by atoms with E-state index in [4.69, 9.17) is 0 Å². The van der Waals surface area contributed by atoms with E-state index in [-0.39, 0.29) is 0 Å². The summed E-state index contributed by atoms with van der Waals surface area (Å²) in [6, 6.07) is 9.02. The maximum absolute atomic E-state index is 10.6. The molecule has 1 atom stereocenters. The van der Waals surface area contributed by atoms with Crippen LogP contribution in [0.4, 0.5) is 0 Å². The van der Waals surface area contributed by atoms with E-state index >= 15 is 0 Å². The maximum Gasteiger partial charge on any atom is 0.120 e. The van der Waals surface area contributed by atoms with Crippen molar-refractivity contribution < 1.29 is 4.79 Å². The van der Waals surface area contributed by atoms with Crippen LogP contribution in [0.25, 0.3) is 0 Å². The Bertz CT molecular complexity index is 444. The zero-order valence-corrected chi connectivity index (χ0v) is 14.1. The fraction of sp³-hybridized carbons (Fsp3) is 0.650. The molecule has 0 bridgehead atoms. The second-order valence-electron chi connectivity index (χ2n) is 7.88. The van der Waals surface area contributed by atoms with Crippen molar-refractivity contribution in [2.45, 2.75) is 71.6 Å². The molecule has 0 heterocycles. The highest BCUT2D eigenvalue weighted by Gasteiger charge is 2.30. The molecule has 21 heavy (non-hydrogen) atoms. The Hall–Kier alpha value is -1.11. The van der Waals surface area contributed by atoms with Gasteiger partial charge in [0.25, 0.3) is 0 Å². The van der Waals surface area contributed by atoms with Crippen LogP contribution in [-0.4, -0.2) is 6.29 Å². The molecule has 116 valence electrons.